The molecule has 0 bridgehead atoms. The summed E-state index contributed by atoms with van der Waals surface area (Å²) in [6.07, 6.45) is 0.206. The number of ether oxygens (including phenoxy) is 1. The summed E-state index contributed by atoms with van der Waals surface area (Å²) in [4.78, 5) is 2.40. The Morgan fingerprint density at radius 1 is 1.42 bits per heavy atom. The van der Waals surface area contributed by atoms with Gasteiger partial charge in [-0.3, -0.25) is 4.90 Å². The lowest BCUT2D eigenvalue weighted by atomic mass is 10.2. The highest BCUT2D eigenvalue weighted by Crippen LogP contribution is 2.27. The van der Waals surface area contributed by atoms with E-state index in [0.717, 1.165) is 53.0 Å². The molecule has 0 saturated carbocycles. The molecule has 0 aliphatic carbocycles. The van der Waals surface area contributed by atoms with E-state index in [2.05, 4.69) is 33.4 Å². The molecule has 2 aromatic rings. The van der Waals surface area contributed by atoms with Gasteiger partial charge in [0, 0.05) is 37.0 Å². The van der Waals surface area contributed by atoms with Crippen LogP contribution in [-0.2, 0) is 11.3 Å². The monoisotopic (exact) mass is 384 g/mol. The van der Waals surface area contributed by atoms with E-state index in [0.29, 0.717) is 0 Å². The first-order chi connectivity index (χ1) is 11.7. The summed E-state index contributed by atoms with van der Waals surface area (Å²) < 4.78 is 6.88. The van der Waals surface area contributed by atoms with Crippen LogP contribution in [0.1, 0.15) is 12.5 Å². The molecular weight excluding hydrogens is 364 g/mol. The zero-order valence-electron chi connectivity index (χ0n) is 13.6. The number of nitrogens with zero attached hydrogens (tertiary/aromatic N) is 3. The van der Waals surface area contributed by atoms with E-state index in [-0.39, 0.29) is 6.10 Å². The average Bonchev–Trinajstić information content (AvgIpc) is 3.04. The molecule has 0 spiro atoms. The maximum atomic E-state index is 6.27. The lowest BCUT2D eigenvalue weighted by Crippen LogP contribution is -2.43. The number of anilines is 1. The molecule has 24 heavy (non-hydrogen) atoms. The van der Waals surface area contributed by atoms with Crippen LogP contribution in [0.15, 0.2) is 28.6 Å². The number of nitrogens with one attached hydrogen (secondary N) is 1. The van der Waals surface area contributed by atoms with Crippen LogP contribution >= 0.6 is 34.7 Å². The Balaban J connectivity index is 1.49. The highest BCUT2D eigenvalue weighted by atomic mass is 35.5. The Labute approximate surface area is 155 Å². The van der Waals surface area contributed by atoms with Gasteiger partial charge in [-0.1, -0.05) is 52.9 Å². The minimum Gasteiger partial charge on any atom is -0.375 e. The predicted octanol–water partition coefficient (Wildman–Crippen LogP) is 3.62. The maximum Gasteiger partial charge on any atom is 0.206 e. The van der Waals surface area contributed by atoms with E-state index in [1.807, 2.05) is 18.2 Å². The third kappa shape index (κ3) is 5.07. The van der Waals surface area contributed by atoms with Gasteiger partial charge in [0.05, 0.1) is 12.7 Å². The van der Waals surface area contributed by atoms with Crippen LogP contribution in [0.3, 0.4) is 0 Å². The SMILES string of the molecule is CCNc1nnc(SC[C@@H]2CN(Cc3ccccc3Cl)CCO2)s1. The van der Waals surface area contributed by atoms with Crippen molar-refractivity contribution in [3.8, 4) is 0 Å². The average molecular weight is 385 g/mol. The van der Waals surface area contributed by atoms with Gasteiger partial charge in [-0.05, 0) is 18.6 Å². The number of hydrogen-bond donors (Lipinski definition) is 1. The van der Waals surface area contributed by atoms with Gasteiger partial charge < -0.3 is 10.1 Å². The summed E-state index contributed by atoms with van der Waals surface area (Å²) in [5.41, 5.74) is 1.17. The van der Waals surface area contributed by atoms with Gasteiger partial charge in [0.1, 0.15) is 0 Å². The first-order valence-corrected chi connectivity index (χ1v) is 10.2. The highest BCUT2D eigenvalue weighted by Gasteiger charge is 2.21. The molecule has 0 unspecified atom stereocenters. The molecule has 1 aromatic heterocycles. The van der Waals surface area contributed by atoms with Gasteiger partial charge >= 0.3 is 0 Å². The fourth-order valence-electron chi connectivity index (χ4n) is 2.55. The van der Waals surface area contributed by atoms with Crippen molar-refractivity contribution >= 4 is 39.8 Å². The molecule has 2 heterocycles. The zero-order chi connectivity index (χ0) is 16.8. The Morgan fingerprint density at radius 2 is 2.29 bits per heavy atom. The van der Waals surface area contributed by atoms with E-state index in [1.54, 1.807) is 23.1 Å². The van der Waals surface area contributed by atoms with Crippen molar-refractivity contribution in [2.45, 2.75) is 23.9 Å². The Hall–Kier alpha value is -0.860. The summed E-state index contributed by atoms with van der Waals surface area (Å²) in [5.74, 6) is 0.889. The largest absolute Gasteiger partial charge is 0.375 e. The first kappa shape index (κ1) is 17.9. The lowest BCUT2D eigenvalue weighted by Gasteiger charge is -2.32. The second-order valence-electron chi connectivity index (χ2n) is 5.53. The predicted molar refractivity (Wildman–Crippen MR) is 101 cm³/mol. The highest BCUT2D eigenvalue weighted by molar-refractivity contribution is 8.01. The maximum absolute atomic E-state index is 6.27. The molecule has 1 aliphatic rings. The molecule has 0 radical (unpaired) electrons. The first-order valence-electron chi connectivity index (χ1n) is 8.02. The van der Waals surface area contributed by atoms with E-state index in [1.165, 1.54) is 5.56 Å². The molecule has 1 aromatic carbocycles. The fourth-order valence-corrected chi connectivity index (χ4v) is 4.59. The lowest BCUT2D eigenvalue weighted by molar-refractivity contribution is -0.0187. The molecule has 1 atom stereocenters. The topological polar surface area (TPSA) is 50.3 Å². The van der Waals surface area contributed by atoms with Crippen LogP contribution in [0.5, 0.6) is 0 Å². The van der Waals surface area contributed by atoms with Crippen molar-refractivity contribution in [1.29, 1.82) is 0 Å². The normalized spacial score (nSPS) is 18.7. The van der Waals surface area contributed by atoms with Crippen LogP contribution in [0, 0.1) is 0 Å². The third-order valence-corrected chi connectivity index (χ3v) is 6.22. The Kier molecular flexibility index (Phi) is 6.74. The summed E-state index contributed by atoms with van der Waals surface area (Å²) in [5, 5.41) is 13.2. The minimum absolute atomic E-state index is 0.206. The smallest absolute Gasteiger partial charge is 0.206 e. The van der Waals surface area contributed by atoms with Crippen molar-refractivity contribution in [3.63, 3.8) is 0 Å². The van der Waals surface area contributed by atoms with Crippen molar-refractivity contribution in [3.05, 3.63) is 34.9 Å². The van der Waals surface area contributed by atoms with Crippen molar-refractivity contribution < 1.29 is 4.74 Å². The van der Waals surface area contributed by atoms with Crippen molar-refractivity contribution in [2.75, 3.05) is 37.3 Å². The molecule has 1 aliphatic heterocycles. The van der Waals surface area contributed by atoms with Crippen LogP contribution in [0.2, 0.25) is 5.02 Å². The van der Waals surface area contributed by atoms with Crippen LogP contribution in [-0.4, -0.2) is 53.2 Å². The van der Waals surface area contributed by atoms with E-state index >= 15 is 0 Å². The molecule has 1 N–H and O–H groups in total. The molecule has 0 amide bonds. The number of thioether (sulfide) groups is 1. The summed E-state index contributed by atoms with van der Waals surface area (Å²) >= 11 is 9.57. The zero-order valence-corrected chi connectivity index (χ0v) is 16.0. The molecular formula is C16H21ClN4OS2. The number of halogens is 1. The number of hydrogen-bond acceptors (Lipinski definition) is 7. The van der Waals surface area contributed by atoms with E-state index in [9.17, 15) is 0 Å². The number of aromatic nitrogens is 2. The van der Waals surface area contributed by atoms with Crippen LogP contribution in [0.4, 0.5) is 5.13 Å². The third-order valence-electron chi connectivity index (χ3n) is 3.70. The molecule has 1 saturated heterocycles. The van der Waals surface area contributed by atoms with Crippen molar-refractivity contribution in [2.24, 2.45) is 0 Å². The molecule has 5 nitrogen and oxygen atoms in total. The Morgan fingerprint density at radius 3 is 3.12 bits per heavy atom. The summed E-state index contributed by atoms with van der Waals surface area (Å²) in [7, 11) is 0. The Bertz CT molecular complexity index is 655. The minimum atomic E-state index is 0.206. The summed E-state index contributed by atoms with van der Waals surface area (Å²) in [6.45, 7) is 6.40. The van der Waals surface area contributed by atoms with Gasteiger partial charge in [0.2, 0.25) is 5.13 Å². The fraction of sp³-hybridized carbons (Fsp3) is 0.500. The van der Waals surface area contributed by atoms with E-state index < -0.39 is 0 Å². The van der Waals surface area contributed by atoms with Gasteiger partial charge in [-0.15, -0.1) is 10.2 Å². The molecule has 130 valence electrons. The summed E-state index contributed by atoms with van der Waals surface area (Å²) in [6, 6.07) is 8.04. The number of morpholine rings is 1. The standard InChI is InChI=1S/C16H21ClN4OS2/c1-2-18-15-19-20-16(24-15)23-11-13-10-21(7-8-22-13)9-12-5-3-4-6-14(12)17/h3-6,13H,2,7-11H2,1H3,(H,18,19)/t13-/m0/s1. The van der Waals surface area contributed by atoms with Gasteiger partial charge in [0.15, 0.2) is 4.34 Å². The van der Waals surface area contributed by atoms with Gasteiger partial charge in [-0.25, -0.2) is 0 Å². The second-order valence-corrected chi connectivity index (χ2v) is 8.19. The van der Waals surface area contributed by atoms with Crippen molar-refractivity contribution in [1.82, 2.24) is 15.1 Å². The molecule has 8 heteroatoms. The molecule has 1 fully saturated rings. The quantitative estimate of drug-likeness (QED) is 0.736. The second kappa shape index (κ2) is 9.01. The van der Waals surface area contributed by atoms with E-state index in [4.69, 9.17) is 16.3 Å². The molecule has 3 rings (SSSR count). The van der Waals surface area contributed by atoms with Gasteiger partial charge in [-0.2, -0.15) is 0 Å². The number of benzene rings is 1. The van der Waals surface area contributed by atoms with Crippen LogP contribution < -0.4 is 5.32 Å². The van der Waals surface area contributed by atoms with Gasteiger partial charge in [0.25, 0.3) is 0 Å². The number of rotatable bonds is 7. The van der Waals surface area contributed by atoms with Crippen LogP contribution in [0.25, 0.3) is 0 Å².